The summed E-state index contributed by atoms with van der Waals surface area (Å²) in [7, 11) is 2.70. The van der Waals surface area contributed by atoms with Crippen molar-refractivity contribution in [2.75, 3.05) is 20.8 Å². The highest BCUT2D eigenvalue weighted by Crippen LogP contribution is 2.41. The summed E-state index contributed by atoms with van der Waals surface area (Å²) in [4.78, 5) is 41.2. The minimum atomic E-state index is -2.16. The SMILES string of the molecule is COc1cc(OC)c2c(c1)C(=O)C1=C(CO[C@@](C)(O)[C@@H]1O[N+](=O)[O-])C2=O. The molecule has 0 saturated carbocycles. The molecule has 0 unspecified atom stereocenters. The van der Waals surface area contributed by atoms with E-state index < -0.39 is 35.2 Å². The normalized spacial score (nSPS) is 24.7. The predicted octanol–water partition coefficient (Wildman–Crippen LogP) is 0.695. The molecule has 1 aromatic rings. The number of nitrogens with zero attached hydrogens (tertiary/aromatic N) is 1. The van der Waals surface area contributed by atoms with Gasteiger partial charge < -0.3 is 19.3 Å². The maximum atomic E-state index is 13.0. The van der Waals surface area contributed by atoms with Crippen LogP contribution in [0.15, 0.2) is 23.3 Å². The van der Waals surface area contributed by atoms with E-state index in [1.54, 1.807) is 0 Å². The molecule has 0 spiro atoms. The first-order valence-electron chi connectivity index (χ1n) is 7.47. The fourth-order valence-electron chi connectivity index (χ4n) is 3.06. The average Bonchev–Trinajstić information content (AvgIpc) is 2.59. The maximum Gasteiger partial charge on any atom is 0.295 e. The van der Waals surface area contributed by atoms with E-state index in [2.05, 4.69) is 4.84 Å². The van der Waals surface area contributed by atoms with Crippen molar-refractivity contribution in [3.05, 3.63) is 44.5 Å². The van der Waals surface area contributed by atoms with Crippen LogP contribution in [0.1, 0.15) is 27.6 Å². The largest absolute Gasteiger partial charge is 0.497 e. The quantitative estimate of drug-likeness (QED) is 0.604. The third-order valence-corrected chi connectivity index (χ3v) is 4.30. The fraction of sp³-hybridized carbons (Fsp3) is 0.375. The molecule has 2 aliphatic rings. The van der Waals surface area contributed by atoms with Crippen LogP contribution in [0.2, 0.25) is 0 Å². The van der Waals surface area contributed by atoms with Gasteiger partial charge in [0.25, 0.3) is 5.09 Å². The molecule has 2 atom stereocenters. The van der Waals surface area contributed by atoms with Crippen molar-refractivity contribution < 1.29 is 38.8 Å². The molecule has 1 aliphatic heterocycles. The van der Waals surface area contributed by atoms with Crippen LogP contribution in [0.3, 0.4) is 0 Å². The summed E-state index contributed by atoms with van der Waals surface area (Å²) in [5, 5.41) is 19.9. The van der Waals surface area contributed by atoms with E-state index in [4.69, 9.17) is 14.2 Å². The van der Waals surface area contributed by atoms with E-state index in [1.807, 2.05) is 0 Å². The van der Waals surface area contributed by atoms with Gasteiger partial charge in [-0.05, 0) is 13.0 Å². The lowest BCUT2D eigenvalue weighted by molar-refractivity contribution is -0.772. The van der Waals surface area contributed by atoms with Gasteiger partial charge in [-0.2, -0.15) is 0 Å². The summed E-state index contributed by atoms with van der Waals surface area (Å²) in [6.45, 7) is 0.712. The van der Waals surface area contributed by atoms with Crippen LogP contribution in [0.25, 0.3) is 0 Å². The predicted molar refractivity (Wildman–Crippen MR) is 83.7 cm³/mol. The topological polar surface area (TPSA) is 134 Å². The van der Waals surface area contributed by atoms with E-state index >= 15 is 0 Å². The van der Waals surface area contributed by atoms with E-state index in [0.29, 0.717) is 0 Å². The number of fused-ring (bicyclic) bond motifs is 1. The molecule has 10 nitrogen and oxygen atoms in total. The van der Waals surface area contributed by atoms with Gasteiger partial charge in [0, 0.05) is 22.8 Å². The van der Waals surface area contributed by atoms with Crippen LogP contribution in [0.4, 0.5) is 0 Å². The van der Waals surface area contributed by atoms with Gasteiger partial charge in [-0.15, -0.1) is 10.1 Å². The molecule has 0 aromatic heterocycles. The number of hydrogen-bond acceptors (Lipinski definition) is 9. The number of benzene rings is 1. The van der Waals surface area contributed by atoms with Gasteiger partial charge in [0.1, 0.15) is 11.5 Å². The average molecular weight is 365 g/mol. The zero-order chi connectivity index (χ0) is 19.2. The summed E-state index contributed by atoms with van der Waals surface area (Å²) in [5.41, 5.74) is -0.489. The van der Waals surface area contributed by atoms with Gasteiger partial charge in [-0.3, -0.25) is 14.4 Å². The number of hydrogen-bond donors (Lipinski definition) is 1. The van der Waals surface area contributed by atoms with Gasteiger partial charge in [-0.1, -0.05) is 0 Å². The van der Waals surface area contributed by atoms with Crippen molar-refractivity contribution in [1.29, 1.82) is 0 Å². The number of Topliss-reactive ketones (excluding diaryl/α,β-unsaturated/α-hetero) is 2. The molecule has 0 fully saturated rings. The lowest BCUT2D eigenvalue weighted by Gasteiger charge is -2.39. The Morgan fingerprint density at radius 3 is 2.54 bits per heavy atom. The van der Waals surface area contributed by atoms with Gasteiger partial charge >= 0.3 is 0 Å². The standard InChI is InChI=1S/C16H15NO9/c1-16(20)15(26-17(21)22)12-9(6-25-16)14(19)11-8(13(12)18)4-7(23-2)5-10(11)24-3/h4-5,15,20H,6H2,1-3H3/t15-,16-/m1/s1. The summed E-state index contributed by atoms with van der Waals surface area (Å²) >= 11 is 0. The summed E-state index contributed by atoms with van der Waals surface area (Å²) in [6.07, 6.45) is -1.77. The van der Waals surface area contributed by atoms with Crippen molar-refractivity contribution in [3.63, 3.8) is 0 Å². The van der Waals surface area contributed by atoms with E-state index in [9.17, 15) is 24.8 Å². The molecule has 1 N–H and O–H groups in total. The number of methoxy groups -OCH3 is 2. The van der Waals surface area contributed by atoms with Crippen molar-refractivity contribution in [3.8, 4) is 11.5 Å². The minimum Gasteiger partial charge on any atom is -0.497 e. The third kappa shape index (κ3) is 2.59. The second-order valence-electron chi connectivity index (χ2n) is 5.86. The van der Waals surface area contributed by atoms with Crippen LogP contribution < -0.4 is 9.47 Å². The van der Waals surface area contributed by atoms with Crippen molar-refractivity contribution in [2.45, 2.75) is 18.8 Å². The Morgan fingerprint density at radius 2 is 1.96 bits per heavy atom. The Balaban J connectivity index is 2.23. The first-order valence-corrected chi connectivity index (χ1v) is 7.47. The molecule has 138 valence electrons. The Bertz CT molecular complexity index is 856. The Kier molecular flexibility index (Phi) is 4.17. The highest BCUT2D eigenvalue weighted by atomic mass is 17.0. The van der Waals surface area contributed by atoms with Gasteiger partial charge in [-0.25, -0.2) is 0 Å². The molecule has 1 aliphatic carbocycles. The van der Waals surface area contributed by atoms with Crippen molar-refractivity contribution in [2.24, 2.45) is 0 Å². The van der Waals surface area contributed by atoms with E-state index in [1.165, 1.54) is 26.4 Å². The van der Waals surface area contributed by atoms with Gasteiger partial charge in [0.05, 0.1) is 26.4 Å². The summed E-state index contributed by atoms with van der Waals surface area (Å²) in [5.74, 6) is -3.09. The van der Waals surface area contributed by atoms with Crippen molar-refractivity contribution in [1.82, 2.24) is 0 Å². The first-order chi connectivity index (χ1) is 12.2. The molecule has 1 aromatic carbocycles. The molecule has 0 radical (unpaired) electrons. The van der Waals surface area contributed by atoms with E-state index in [0.717, 1.165) is 6.92 Å². The number of rotatable bonds is 4. The number of aliphatic hydroxyl groups is 1. The molecule has 0 saturated heterocycles. The fourth-order valence-corrected chi connectivity index (χ4v) is 3.06. The van der Waals surface area contributed by atoms with E-state index in [-0.39, 0.29) is 33.8 Å². The number of ketones is 2. The van der Waals surface area contributed by atoms with Crippen LogP contribution in [-0.4, -0.2) is 54.5 Å². The number of carbonyl (C=O) groups is 2. The third-order valence-electron chi connectivity index (χ3n) is 4.30. The lowest BCUT2D eigenvalue weighted by Crippen LogP contribution is -2.53. The van der Waals surface area contributed by atoms with Crippen LogP contribution >= 0.6 is 0 Å². The highest BCUT2D eigenvalue weighted by molar-refractivity contribution is 6.28. The molecule has 10 heteroatoms. The Hall–Kier alpha value is -2.98. The molecule has 0 amide bonds. The van der Waals surface area contributed by atoms with Crippen molar-refractivity contribution >= 4 is 11.6 Å². The van der Waals surface area contributed by atoms with Gasteiger partial charge in [0.2, 0.25) is 0 Å². The Morgan fingerprint density at radius 1 is 1.27 bits per heavy atom. The minimum absolute atomic E-state index is 0.00189. The molecule has 0 bridgehead atoms. The lowest BCUT2D eigenvalue weighted by atomic mass is 9.78. The second-order valence-corrected chi connectivity index (χ2v) is 5.86. The smallest absolute Gasteiger partial charge is 0.295 e. The molecule has 3 rings (SSSR count). The number of carbonyl (C=O) groups excluding carboxylic acids is 2. The van der Waals surface area contributed by atoms with Crippen LogP contribution in [-0.2, 0) is 9.57 Å². The maximum absolute atomic E-state index is 13.0. The second kappa shape index (κ2) is 6.07. The number of ether oxygens (including phenoxy) is 3. The molecular weight excluding hydrogens is 350 g/mol. The zero-order valence-electron chi connectivity index (χ0n) is 14.1. The Labute approximate surface area is 147 Å². The monoisotopic (exact) mass is 365 g/mol. The van der Waals surface area contributed by atoms with Gasteiger partial charge in [0.15, 0.2) is 23.5 Å². The van der Waals surface area contributed by atoms with Crippen LogP contribution in [0.5, 0.6) is 11.5 Å². The molecular formula is C16H15NO9. The van der Waals surface area contributed by atoms with Crippen LogP contribution in [0, 0.1) is 10.1 Å². The molecule has 26 heavy (non-hydrogen) atoms. The summed E-state index contributed by atoms with van der Waals surface area (Å²) in [6, 6.07) is 2.77. The summed E-state index contributed by atoms with van der Waals surface area (Å²) < 4.78 is 15.4. The zero-order valence-corrected chi connectivity index (χ0v) is 14.1. The molecule has 1 heterocycles. The first kappa shape index (κ1) is 17.8. The highest BCUT2D eigenvalue weighted by Gasteiger charge is 2.50.